The van der Waals surface area contributed by atoms with Crippen molar-refractivity contribution < 1.29 is 9.59 Å². The van der Waals surface area contributed by atoms with Crippen LogP contribution in [0.5, 0.6) is 0 Å². The molecule has 1 aliphatic heterocycles. The maximum atomic E-state index is 11.8. The lowest BCUT2D eigenvalue weighted by Crippen LogP contribution is -2.56. The normalized spacial score (nSPS) is 19.6. The van der Waals surface area contributed by atoms with Gasteiger partial charge in [0.05, 0.1) is 6.54 Å². The zero-order chi connectivity index (χ0) is 12.3. The average Bonchev–Trinajstić information content (AvgIpc) is 2.29. The van der Waals surface area contributed by atoms with Crippen LogP contribution >= 0.6 is 0 Å². The molecule has 1 fully saturated rings. The van der Waals surface area contributed by atoms with E-state index in [-0.39, 0.29) is 18.4 Å². The minimum Gasteiger partial charge on any atom is -0.353 e. The number of amides is 2. The third-order valence-electron chi connectivity index (χ3n) is 2.50. The number of hydrogen-bond acceptors (Lipinski definition) is 4. The quantitative estimate of drug-likeness (QED) is 0.639. The molecule has 17 heavy (non-hydrogen) atoms. The number of hydrogen-bond donors (Lipinski definition) is 3. The van der Waals surface area contributed by atoms with Crippen LogP contribution in [0.15, 0.2) is 18.3 Å². The fraction of sp³-hybridized carbons (Fsp3) is 0.364. The van der Waals surface area contributed by atoms with Crippen molar-refractivity contribution in [3.63, 3.8) is 0 Å². The highest BCUT2D eigenvalue weighted by Crippen LogP contribution is 2.05. The van der Waals surface area contributed by atoms with Crippen molar-refractivity contribution in [3.05, 3.63) is 23.9 Å². The topological polar surface area (TPSA) is 83.1 Å². The van der Waals surface area contributed by atoms with Gasteiger partial charge in [-0.2, -0.15) is 0 Å². The molecule has 6 nitrogen and oxygen atoms in total. The molecule has 1 aliphatic rings. The van der Waals surface area contributed by atoms with Crippen LogP contribution < -0.4 is 16.0 Å². The lowest BCUT2D eigenvalue weighted by molar-refractivity contribution is -0.124. The van der Waals surface area contributed by atoms with Crippen molar-refractivity contribution in [2.45, 2.75) is 13.0 Å². The first-order valence-corrected chi connectivity index (χ1v) is 5.39. The van der Waals surface area contributed by atoms with Crippen LogP contribution in [0, 0.1) is 6.92 Å². The maximum Gasteiger partial charge on any atom is 0.244 e. The molecule has 1 atom stereocenters. The summed E-state index contributed by atoms with van der Waals surface area (Å²) in [6.45, 7) is 2.40. The van der Waals surface area contributed by atoms with Gasteiger partial charge in [0.25, 0.3) is 0 Å². The molecule has 2 rings (SSSR count). The summed E-state index contributed by atoms with van der Waals surface area (Å²) in [6.07, 6.45) is 1.64. The molecule has 90 valence electrons. The second-order valence-corrected chi connectivity index (χ2v) is 3.95. The SMILES string of the molecule is Cc1ccnc(NC(=O)C2CNC(=O)CN2)c1. The predicted octanol–water partition coefficient (Wildman–Crippen LogP) is -0.583. The summed E-state index contributed by atoms with van der Waals surface area (Å²) in [5.41, 5.74) is 1.03. The molecular weight excluding hydrogens is 220 g/mol. The van der Waals surface area contributed by atoms with Gasteiger partial charge in [-0.25, -0.2) is 4.98 Å². The fourth-order valence-electron chi connectivity index (χ4n) is 1.57. The van der Waals surface area contributed by atoms with E-state index in [1.54, 1.807) is 12.3 Å². The minimum atomic E-state index is -0.407. The van der Waals surface area contributed by atoms with Gasteiger partial charge in [0.2, 0.25) is 11.8 Å². The molecule has 1 saturated heterocycles. The van der Waals surface area contributed by atoms with Gasteiger partial charge >= 0.3 is 0 Å². The monoisotopic (exact) mass is 234 g/mol. The van der Waals surface area contributed by atoms with Gasteiger partial charge in [-0.05, 0) is 24.6 Å². The molecule has 2 amide bonds. The van der Waals surface area contributed by atoms with Crippen LogP contribution in [-0.4, -0.2) is 35.9 Å². The zero-order valence-electron chi connectivity index (χ0n) is 9.49. The van der Waals surface area contributed by atoms with Crippen LogP contribution in [0.2, 0.25) is 0 Å². The Hall–Kier alpha value is -1.95. The van der Waals surface area contributed by atoms with Gasteiger partial charge in [0.15, 0.2) is 0 Å². The Morgan fingerprint density at radius 3 is 3.06 bits per heavy atom. The van der Waals surface area contributed by atoms with E-state index in [0.29, 0.717) is 12.4 Å². The van der Waals surface area contributed by atoms with Crippen LogP contribution in [0.1, 0.15) is 5.56 Å². The summed E-state index contributed by atoms with van der Waals surface area (Å²) >= 11 is 0. The summed E-state index contributed by atoms with van der Waals surface area (Å²) in [7, 11) is 0. The molecule has 0 aliphatic carbocycles. The number of anilines is 1. The van der Waals surface area contributed by atoms with Crippen molar-refractivity contribution in [2.75, 3.05) is 18.4 Å². The lowest BCUT2D eigenvalue weighted by atomic mass is 10.2. The lowest BCUT2D eigenvalue weighted by Gasteiger charge is -2.22. The highest BCUT2D eigenvalue weighted by molar-refractivity contribution is 5.95. The van der Waals surface area contributed by atoms with Crippen LogP contribution in [0.4, 0.5) is 5.82 Å². The van der Waals surface area contributed by atoms with E-state index in [2.05, 4.69) is 20.9 Å². The van der Waals surface area contributed by atoms with Crippen LogP contribution in [0.3, 0.4) is 0 Å². The number of nitrogens with zero attached hydrogens (tertiary/aromatic N) is 1. The molecule has 1 aromatic heterocycles. The Balaban J connectivity index is 1.95. The molecule has 0 aromatic carbocycles. The highest BCUT2D eigenvalue weighted by Gasteiger charge is 2.23. The fourth-order valence-corrected chi connectivity index (χ4v) is 1.57. The summed E-state index contributed by atoms with van der Waals surface area (Å²) in [6, 6.07) is 3.24. The number of piperazine rings is 1. The van der Waals surface area contributed by atoms with Gasteiger partial charge < -0.3 is 10.6 Å². The molecule has 6 heteroatoms. The Kier molecular flexibility index (Phi) is 3.34. The first kappa shape index (κ1) is 11.5. The van der Waals surface area contributed by atoms with Crippen molar-refractivity contribution in [2.24, 2.45) is 0 Å². The summed E-state index contributed by atoms with van der Waals surface area (Å²) in [5, 5.41) is 8.18. The van der Waals surface area contributed by atoms with Gasteiger partial charge in [-0.3, -0.25) is 14.9 Å². The Labute approximate surface area is 98.8 Å². The minimum absolute atomic E-state index is 0.0947. The Bertz CT molecular complexity index is 437. The first-order chi connectivity index (χ1) is 8.15. The van der Waals surface area contributed by atoms with E-state index < -0.39 is 6.04 Å². The van der Waals surface area contributed by atoms with Gasteiger partial charge in [-0.15, -0.1) is 0 Å². The molecule has 1 aromatic rings. The van der Waals surface area contributed by atoms with Gasteiger partial charge in [0, 0.05) is 12.7 Å². The van der Waals surface area contributed by atoms with Crippen molar-refractivity contribution in [1.29, 1.82) is 0 Å². The predicted molar refractivity (Wildman–Crippen MR) is 62.4 cm³/mol. The number of nitrogens with one attached hydrogen (secondary N) is 3. The average molecular weight is 234 g/mol. The number of rotatable bonds is 2. The Morgan fingerprint density at radius 2 is 2.41 bits per heavy atom. The molecule has 0 bridgehead atoms. The smallest absolute Gasteiger partial charge is 0.244 e. The van der Waals surface area contributed by atoms with E-state index in [0.717, 1.165) is 5.56 Å². The van der Waals surface area contributed by atoms with Crippen molar-refractivity contribution >= 4 is 17.6 Å². The van der Waals surface area contributed by atoms with E-state index in [4.69, 9.17) is 0 Å². The van der Waals surface area contributed by atoms with E-state index >= 15 is 0 Å². The standard InChI is InChI=1S/C11H14N4O2/c1-7-2-3-12-9(4-7)15-11(17)8-5-14-10(16)6-13-8/h2-4,8,13H,5-6H2,1H3,(H,14,16)(H,12,15,17). The molecule has 3 N–H and O–H groups in total. The number of carbonyl (C=O) groups is 2. The molecular formula is C11H14N4O2. The summed E-state index contributed by atoms with van der Waals surface area (Å²) in [5.74, 6) is 0.236. The molecule has 0 radical (unpaired) electrons. The zero-order valence-corrected chi connectivity index (χ0v) is 9.49. The third-order valence-corrected chi connectivity index (χ3v) is 2.50. The summed E-state index contributed by atoms with van der Waals surface area (Å²) < 4.78 is 0. The molecule has 2 heterocycles. The number of aryl methyl sites for hydroxylation is 1. The number of carbonyl (C=O) groups excluding carboxylic acids is 2. The first-order valence-electron chi connectivity index (χ1n) is 5.39. The third kappa shape index (κ3) is 3.01. The van der Waals surface area contributed by atoms with Gasteiger partial charge in [-0.1, -0.05) is 0 Å². The highest BCUT2D eigenvalue weighted by atomic mass is 16.2. The van der Waals surface area contributed by atoms with E-state index in [9.17, 15) is 9.59 Å². The molecule has 1 unspecified atom stereocenters. The number of pyridine rings is 1. The molecule has 0 saturated carbocycles. The molecule has 0 spiro atoms. The van der Waals surface area contributed by atoms with Crippen molar-refractivity contribution in [3.8, 4) is 0 Å². The van der Waals surface area contributed by atoms with E-state index in [1.807, 2.05) is 13.0 Å². The second kappa shape index (κ2) is 4.92. The van der Waals surface area contributed by atoms with Crippen molar-refractivity contribution in [1.82, 2.24) is 15.6 Å². The Morgan fingerprint density at radius 1 is 1.59 bits per heavy atom. The number of aromatic nitrogens is 1. The van der Waals surface area contributed by atoms with Crippen LogP contribution in [0.25, 0.3) is 0 Å². The summed E-state index contributed by atoms with van der Waals surface area (Å²) in [4.78, 5) is 26.8. The second-order valence-electron chi connectivity index (χ2n) is 3.95. The maximum absolute atomic E-state index is 11.8. The van der Waals surface area contributed by atoms with Crippen LogP contribution in [-0.2, 0) is 9.59 Å². The van der Waals surface area contributed by atoms with E-state index in [1.165, 1.54) is 0 Å². The largest absolute Gasteiger partial charge is 0.353 e. The van der Waals surface area contributed by atoms with Gasteiger partial charge in [0.1, 0.15) is 11.9 Å².